The van der Waals surface area contributed by atoms with E-state index in [0.29, 0.717) is 11.5 Å². The molecule has 82 valence electrons. The normalized spacial score (nSPS) is 36.4. The summed E-state index contributed by atoms with van der Waals surface area (Å²) in [6.07, 6.45) is 8.78. The van der Waals surface area contributed by atoms with Gasteiger partial charge in [0.25, 0.3) is 0 Å². The van der Waals surface area contributed by atoms with Gasteiger partial charge in [0, 0.05) is 12.6 Å². The molecule has 2 atom stereocenters. The molecule has 0 heterocycles. The van der Waals surface area contributed by atoms with Gasteiger partial charge in [-0.25, -0.2) is 0 Å². The third-order valence-corrected chi connectivity index (χ3v) is 4.08. The topological polar surface area (TPSA) is 32.3 Å². The SMILES string of the molecule is CC1(CNC2CCCC2O)CCCC1. The molecule has 2 heteroatoms. The summed E-state index contributed by atoms with van der Waals surface area (Å²) in [5, 5.41) is 13.2. The van der Waals surface area contributed by atoms with Crippen LogP contribution in [0.25, 0.3) is 0 Å². The van der Waals surface area contributed by atoms with Crippen molar-refractivity contribution in [2.75, 3.05) is 6.54 Å². The summed E-state index contributed by atoms with van der Waals surface area (Å²) in [6, 6.07) is 0.382. The van der Waals surface area contributed by atoms with Gasteiger partial charge in [0.15, 0.2) is 0 Å². The van der Waals surface area contributed by atoms with Gasteiger partial charge in [-0.3, -0.25) is 0 Å². The zero-order valence-electron chi connectivity index (χ0n) is 9.26. The van der Waals surface area contributed by atoms with E-state index in [0.717, 1.165) is 19.4 Å². The Balaban J connectivity index is 1.75. The number of rotatable bonds is 3. The molecule has 2 unspecified atom stereocenters. The summed E-state index contributed by atoms with van der Waals surface area (Å²) >= 11 is 0. The quantitative estimate of drug-likeness (QED) is 0.726. The average Bonchev–Trinajstić information content (AvgIpc) is 2.73. The monoisotopic (exact) mass is 197 g/mol. The maximum absolute atomic E-state index is 9.68. The molecule has 0 amide bonds. The summed E-state index contributed by atoms with van der Waals surface area (Å²) in [7, 11) is 0. The van der Waals surface area contributed by atoms with E-state index in [1.807, 2.05) is 0 Å². The Bertz CT molecular complexity index is 187. The van der Waals surface area contributed by atoms with Crippen LogP contribution in [-0.4, -0.2) is 23.8 Å². The fourth-order valence-corrected chi connectivity index (χ4v) is 2.96. The molecule has 2 aliphatic rings. The van der Waals surface area contributed by atoms with Crippen LogP contribution in [0.1, 0.15) is 51.9 Å². The minimum Gasteiger partial charge on any atom is -0.392 e. The van der Waals surface area contributed by atoms with Crippen LogP contribution in [0, 0.1) is 5.41 Å². The second-order valence-electron chi connectivity index (χ2n) is 5.50. The summed E-state index contributed by atoms with van der Waals surface area (Å²) in [5.74, 6) is 0. The number of nitrogens with one attached hydrogen (secondary N) is 1. The molecular weight excluding hydrogens is 174 g/mol. The smallest absolute Gasteiger partial charge is 0.0693 e. The molecule has 2 fully saturated rings. The van der Waals surface area contributed by atoms with E-state index in [2.05, 4.69) is 12.2 Å². The van der Waals surface area contributed by atoms with Gasteiger partial charge < -0.3 is 10.4 Å². The van der Waals surface area contributed by atoms with Crippen LogP contribution in [0.2, 0.25) is 0 Å². The molecule has 2 saturated carbocycles. The van der Waals surface area contributed by atoms with Crippen LogP contribution in [-0.2, 0) is 0 Å². The lowest BCUT2D eigenvalue weighted by molar-refractivity contribution is 0.140. The van der Waals surface area contributed by atoms with Crippen LogP contribution in [0.4, 0.5) is 0 Å². The maximum atomic E-state index is 9.68. The first-order valence-electron chi connectivity index (χ1n) is 6.11. The van der Waals surface area contributed by atoms with Gasteiger partial charge in [0.1, 0.15) is 0 Å². The first-order valence-corrected chi connectivity index (χ1v) is 6.11. The largest absolute Gasteiger partial charge is 0.392 e. The molecule has 0 aromatic rings. The third-order valence-electron chi connectivity index (χ3n) is 4.08. The highest BCUT2D eigenvalue weighted by Crippen LogP contribution is 2.37. The van der Waals surface area contributed by atoms with Crippen molar-refractivity contribution in [2.24, 2.45) is 5.41 Å². The first kappa shape index (κ1) is 10.4. The summed E-state index contributed by atoms with van der Waals surface area (Å²) < 4.78 is 0. The minimum absolute atomic E-state index is 0.0833. The van der Waals surface area contributed by atoms with Gasteiger partial charge in [-0.05, 0) is 37.5 Å². The molecule has 2 N–H and O–H groups in total. The van der Waals surface area contributed by atoms with Crippen molar-refractivity contribution in [3.05, 3.63) is 0 Å². The molecule has 0 aromatic heterocycles. The van der Waals surface area contributed by atoms with Gasteiger partial charge in [-0.15, -0.1) is 0 Å². The molecule has 0 spiro atoms. The van der Waals surface area contributed by atoms with Gasteiger partial charge >= 0.3 is 0 Å². The van der Waals surface area contributed by atoms with Crippen molar-refractivity contribution in [3.8, 4) is 0 Å². The Kier molecular flexibility index (Phi) is 3.13. The summed E-state index contributed by atoms with van der Waals surface area (Å²) in [5.41, 5.74) is 0.516. The van der Waals surface area contributed by atoms with Crippen LogP contribution >= 0.6 is 0 Å². The van der Waals surface area contributed by atoms with Crippen molar-refractivity contribution in [1.29, 1.82) is 0 Å². The average molecular weight is 197 g/mol. The standard InChI is InChI=1S/C12H23NO/c1-12(7-2-3-8-12)9-13-10-5-4-6-11(10)14/h10-11,13-14H,2-9H2,1H3. The molecule has 14 heavy (non-hydrogen) atoms. The molecular formula is C12H23NO. The molecule has 0 aliphatic heterocycles. The second kappa shape index (κ2) is 4.19. The lowest BCUT2D eigenvalue weighted by Crippen LogP contribution is -2.41. The lowest BCUT2D eigenvalue weighted by Gasteiger charge is -2.27. The number of aliphatic hydroxyl groups is 1. The predicted molar refractivity (Wildman–Crippen MR) is 58.2 cm³/mol. The minimum atomic E-state index is -0.0833. The van der Waals surface area contributed by atoms with Gasteiger partial charge in [-0.2, -0.15) is 0 Å². The molecule has 0 saturated heterocycles. The molecule has 2 aliphatic carbocycles. The molecule has 0 radical (unpaired) electrons. The highest BCUT2D eigenvalue weighted by atomic mass is 16.3. The van der Waals surface area contributed by atoms with Gasteiger partial charge in [0.05, 0.1) is 6.10 Å². The maximum Gasteiger partial charge on any atom is 0.0693 e. The molecule has 2 nitrogen and oxygen atoms in total. The third kappa shape index (κ3) is 2.29. The predicted octanol–water partition coefficient (Wildman–Crippen LogP) is 2.07. The van der Waals surface area contributed by atoms with Crippen LogP contribution in [0.3, 0.4) is 0 Å². The zero-order chi connectivity index (χ0) is 10.0. The fourth-order valence-electron chi connectivity index (χ4n) is 2.96. The van der Waals surface area contributed by atoms with E-state index in [-0.39, 0.29) is 6.10 Å². The number of hydrogen-bond donors (Lipinski definition) is 2. The highest BCUT2D eigenvalue weighted by Gasteiger charge is 2.31. The van der Waals surface area contributed by atoms with E-state index in [4.69, 9.17) is 0 Å². The Morgan fingerprint density at radius 2 is 1.93 bits per heavy atom. The number of hydrogen-bond acceptors (Lipinski definition) is 2. The number of aliphatic hydroxyl groups excluding tert-OH is 1. The van der Waals surface area contributed by atoms with E-state index in [1.165, 1.54) is 32.1 Å². The Labute approximate surface area is 87.1 Å². The highest BCUT2D eigenvalue weighted by molar-refractivity contribution is 4.88. The van der Waals surface area contributed by atoms with E-state index >= 15 is 0 Å². The van der Waals surface area contributed by atoms with Gasteiger partial charge in [-0.1, -0.05) is 19.8 Å². The van der Waals surface area contributed by atoms with Crippen molar-refractivity contribution < 1.29 is 5.11 Å². The fraction of sp³-hybridized carbons (Fsp3) is 1.00. The van der Waals surface area contributed by atoms with Crippen LogP contribution < -0.4 is 5.32 Å². The molecule has 0 bridgehead atoms. The van der Waals surface area contributed by atoms with E-state index < -0.39 is 0 Å². The Morgan fingerprint density at radius 3 is 2.50 bits per heavy atom. The van der Waals surface area contributed by atoms with Crippen molar-refractivity contribution >= 4 is 0 Å². The Hall–Kier alpha value is -0.0800. The summed E-state index contributed by atoms with van der Waals surface area (Å²) in [6.45, 7) is 3.49. The van der Waals surface area contributed by atoms with Crippen molar-refractivity contribution in [2.45, 2.75) is 64.0 Å². The van der Waals surface area contributed by atoms with Crippen LogP contribution in [0.15, 0.2) is 0 Å². The lowest BCUT2D eigenvalue weighted by atomic mass is 9.88. The van der Waals surface area contributed by atoms with E-state index in [9.17, 15) is 5.11 Å². The molecule has 0 aromatic carbocycles. The first-order chi connectivity index (χ1) is 6.70. The Morgan fingerprint density at radius 1 is 1.21 bits per heavy atom. The van der Waals surface area contributed by atoms with Gasteiger partial charge in [0.2, 0.25) is 0 Å². The molecule has 2 rings (SSSR count). The zero-order valence-corrected chi connectivity index (χ0v) is 9.26. The van der Waals surface area contributed by atoms with Crippen molar-refractivity contribution in [3.63, 3.8) is 0 Å². The summed E-state index contributed by atoms with van der Waals surface area (Å²) in [4.78, 5) is 0. The van der Waals surface area contributed by atoms with Crippen LogP contribution in [0.5, 0.6) is 0 Å². The van der Waals surface area contributed by atoms with Crippen molar-refractivity contribution in [1.82, 2.24) is 5.32 Å². The van der Waals surface area contributed by atoms with E-state index in [1.54, 1.807) is 0 Å². The second-order valence-corrected chi connectivity index (χ2v) is 5.50.